The van der Waals surface area contributed by atoms with Crippen molar-refractivity contribution in [3.63, 3.8) is 0 Å². The van der Waals surface area contributed by atoms with Crippen LogP contribution in [0.2, 0.25) is 0 Å². The molecule has 29 heavy (non-hydrogen) atoms. The number of benzene rings is 2. The van der Waals surface area contributed by atoms with E-state index in [4.69, 9.17) is 14.2 Å². The lowest BCUT2D eigenvalue weighted by Crippen LogP contribution is -2.46. The monoisotopic (exact) mass is 398 g/mol. The van der Waals surface area contributed by atoms with Crippen LogP contribution in [0.15, 0.2) is 42.5 Å². The fourth-order valence-corrected chi connectivity index (χ4v) is 3.25. The second-order valence-electron chi connectivity index (χ2n) is 6.85. The molecule has 1 heterocycles. The first-order chi connectivity index (χ1) is 14.0. The summed E-state index contributed by atoms with van der Waals surface area (Å²) >= 11 is 0. The van der Waals surface area contributed by atoms with Gasteiger partial charge in [-0.15, -0.1) is 0 Å². The van der Waals surface area contributed by atoms with Crippen LogP contribution in [0.25, 0.3) is 0 Å². The van der Waals surface area contributed by atoms with Crippen molar-refractivity contribution >= 4 is 11.8 Å². The molecule has 2 aromatic rings. The molecule has 2 aromatic carbocycles. The van der Waals surface area contributed by atoms with Crippen LogP contribution in [0.5, 0.6) is 17.2 Å². The number of likely N-dealkylation sites (N-methyl/N-ethyl adjacent to an activating group) is 1. The molecule has 0 fully saturated rings. The summed E-state index contributed by atoms with van der Waals surface area (Å²) in [6.45, 7) is 2.28. The van der Waals surface area contributed by atoms with Crippen LogP contribution in [-0.2, 0) is 22.6 Å². The average Bonchev–Trinajstić information content (AvgIpc) is 3.22. The van der Waals surface area contributed by atoms with Crippen molar-refractivity contribution < 1.29 is 23.8 Å². The van der Waals surface area contributed by atoms with Crippen molar-refractivity contribution in [1.29, 1.82) is 0 Å². The van der Waals surface area contributed by atoms with Gasteiger partial charge in [-0.1, -0.05) is 18.2 Å². The zero-order valence-corrected chi connectivity index (χ0v) is 16.9. The molecule has 154 valence electrons. The van der Waals surface area contributed by atoms with Crippen molar-refractivity contribution in [1.82, 2.24) is 10.2 Å². The second kappa shape index (κ2) is 9.32. The van der Waals surface area contributed by atoms with E-state index in [1.165, 1.54) is 0 Å². The van der Waals surface area contributed by atoms with Crippen molar-refractivity contribution in [2.45, 2.75) is 32.4 Å². The molecule has 0 saturated carbocycles. The minimum atomic E-state index is -0.588. The fraction of sp³-hybridized carbons (Fsp3) is 0.364. The molecule has 1 aliphatic rings. The topological polar surface area (TPSA) is 77.1 Å². The van der Waals surface area contributed by atoms with Gasteiger partial charge in [-0.3, -0.25) is 9.59 Å². The molecular formula is C22H26N2O5. The van der Waals surface area contributed by atoms with Gasteiger partial charge in [0.25, 0.3) is 0 Å². The summed E-state index contributed by atoms with van der Waals surface area (Å²) < 4.78 is 16.0. The fourth-order valence-electron chi connectivity index (χ4n) is 3.25. The van der Waals surface area contributed by atoms with Crippen molar-refractivity contribution in [3.05, 3.63) is 53.6 Å². The molecule has 7 nitrogen and oxygen atoms in total. The van der Waals surface area contributed by atoms with Gasteiger partial charge < -0.3 is 24.4 Å². The molecule has 3 rings (SSSR count). The Morgan fingerprint density at radius 2 is 1.93 bits per heavy atom. The molecule has 1 atom stereocenters. The lowest BCUT2D eigenvalue weighted by atomic mass is 10.1. The maximum Gasteiger partial charge on any atom is 0.242 e. The van der Waals surface area contributed by atoms with E-state index >= 15 is 0 Å². The molecule has 1 N–H and O–H groups in total. The number of rotatable bonds is 8. The first kappa shape index (κ1) is 20.5. The molecule has 0 unspecified atom stereocenters. The number of hydrogen-bond donors (Lipinski definition) is 1. The molecule has 0 aliphatic carbocycles. The van der Waals surface area contributed by atoms with Gasteiger partial charge in [0.2, 0.25) is 18.6 Å². The number of fused-ring (bicyclic) bond motifs is 1. The number of nitrogens with zero attached hydrogens (tertiary/aromatic N) is 1. The predicted molar refractivity (Wildman–Crippen MR) is 108 cm³/mol. The number of ether oxygens (including phenoxy) is 3. The highest BCUT2D eigenvalue weighted by Gasteiger charge is 2.25. The third-order valence-corrected chi connectivity index (χ3v) is 4.97. The van der Waals surface area contributed by atoms with E-state index in [-0.39, 0.29) is 25.0 Å². The summed E-state index contributed by atoms with van der Waals surface area (Å²) in [5.41, 5.74) is 1.88. The number of methoxy groups -OCH3 is 1. The Balaban J connectivity index is 1.72. The lowest BCUT2D eigenvalue weighted by Gasteiger charge is -2.28. The van der Waals surface area contributed by atoms with Gasteiger partial charge in [-0.2, -0.15) is 0 Å². The summed E-state index contributed by atoms with van der Waals surface area (Å²) in [6.07, 6.45) is 0.829. The van der Waals surface area contributed by atoms with E-state index in [9.17, 15) is 9.59 Å². The van der Waals surface area contributed by atoms with E-state index < -0.39 is 6.04 Å². The molecule has 1 aliphatic heterocycles. The smallest absolute Gasteiger partial charge is 0.242 e. The Morgan fingerprint density at radius 3 is 2.69 bits per heavy atom. The summed E-state index contributed by atoms with van der Waals surface area (Å²) in [7, 11) is 3.17. The Kier molecular flexibility index (Phi) is 6.59. The number of amides is 2. The van der Waals surface area contributed by atoms with Gasteiger partial charge in [-0.05, 0) is 48.7 Å². The molecule has 2 amide bonds. The minimum Gasteiger partial charge on any atom is -0.497 e. The summed E-state index contributed by atoms with van der Waals surface area (Å²) in [5, 5.41) is 2.62. The van der Waals surface area contributed by atoms with E-state index in [0.717, 1.165) is 11.1 Å². The SMILES string of the molecule is CNC(=O)[C@H](C)N(Cc1cccc(OC)c1)C(=O)CCc1ccc2c(c1)OCO2. The van der Waals surface area contributed by atoms with Gasteiger partial charge in [-0.25, -0.2) is 0 Å². The quantitative estimate of drug-likeness (QED) is 0.739. The Bertz CT molecular complexity index is 883. The van der Waals surface area contributed by atoms with E-state index in [0.29, 0.717) is 30.2 Å². The number of carbonyl (C=O) groups is 2. The molecule has 0 aromatic heterocycles. The van der Waals surface area contributed by atoms with Crippen LogP contribution in [0.4, 0.5) is 0 Å². The first-order valence-electron chi connectivity index (χ1n) is 9.54. The third kappa shape index (κ3) is 4.99. The maximum absolute atomic E-state index is 13.0. The van der Waals surface area contributed by atoms with Gasteiger partial charge in [0.05, 0.1) is 7.11 Å². The highest BCUT2D eigenvalue weighted by molar-refractivity contribution is 5.87. The van der Waals surface area contributed by atoms with Gasteiger partial charge in [0.15, 0.2) is 11.5 Å². The van der Waals surface area contributed by atoms with Gasteiger partial charge >= 0.3 is 0 Å². The Hall–Kier alpha value is -3.22. The number of aryl methyl sites for hydroxylation is 1. The van der Waals surface area contributed by atoms with Crippen LogP contribution >= 0.6 is 0 Å². The van der Waals surface area contributed by atoms with Crippen LogP contribution in [-0.4, -0.2) is 43.7 Å². The van der Waals surface area contributed by atoms with Crippen molar-refractivity contribution in [2.24, 2.45) is 0 Å². The third-order valence-electron chi connectivity index (χ3n) is 4.97. The molecular weight excluding hydrogens is 372 g/mol. The number of hydrogen-bond acceptors (Lipinski definition) is 5. The average molecular weight is 398 g/mol. The predicted octanol–water partition coefficient (Wildman–Crippen LogP) is 2.52. The van der Waals surface area contributed by atoms with Crippen LogP contribution < -0.4 is 19.5 Å². The number of nitrogens with one attached hydrogen (secondary N) is 1. The summed E-state index contributed by atoms with van der Waals surface area (Å²) in [4.78, 5) is 26.8. The van der Waals surface area contributed by atoms with Crippen LogP contribution in [0.1, 0.15) is 24.5 Å². The van der Waals surface area contributed by atoms with Crippen molar-refractivity contribution in [2.75, 3.05) is 21.0 Å². The van der Waals surface area contributed by atoms with Gasteiger partial charge in [0, 0.05) is 20.0 Å². The minimum absolute atomic E-state index is 0.0958. The Morgan fingerprint density at radius 1 is 1.14 bits per heavy atom. The molecule has 0 spiro atoms. The lowest BCUT2D eigenvalue weighted by molar-refractivity contribution is -0.140. The van der Waals surface area contributed by atoms with Crippen LogP contribution in [0, 0.1) is 0 Å². The first-order valence-corrected chi connectivity index (χ1v) is 9.54. The molecule has 7 heteroatoms. The zero-order chi connectivity index (χ0) is 20.8. The molecule has 0 radical (unpaired) electrons. The van der Waals surface area contributed by atoms with E-state index in [2.05, 4.69) is 5.32 Å². The zero-order valence-electron chi connectivity index (χ0n) is 16.9. The normalized spacial score (nSPS) is 12.9. The van der Waals surface area contributed by atoms with E-state index in [1.807, 2.05) is 42.5 Å². The standard InChI is InChI=1S/C22H26N2O5/c1-15(22(26)23-2)24(13-17-5-4-6-18(11-17)27-3)21(25)10-8-16-7-9-19-20(12-16)29-14-28-19/h4-7,9,11-12,15H,8,10,13-14H2,1-3H3,(H,23,26)/t15-/m0/s1. The largest absolute Gasteiger partial charge is 0.497 e. The molecule has 0 saturated heterocycles. The molecule has 0 bridgehead atoms. The van der Waals surface area contributed by atoms with Crippen LogP contribution in [0.3, 0.4) is 0 Å². The summed E-state index contributed by atoms with van der Waals surface area (Å²) in [6, 6.07) is 12.6. The summed E-state index contributed by atoms with van der Waals surface area (Å²) in [5.74, 6) is 1.82. The van der Waals surface area contributed by atoms with Crippen molar-refractivity contribution in [3.8, 4) is 17.2 Å². The van der Waals surface area contributed by atoms with E-state index in [1.54, 1.807) is 26.0 Å². The maximum atomic E-state index is 13.0. The highest BCUT2D eigenvalue weighted by atomic mass is 16.7. The second-order valence-corrected chi connectivity index (χ2v) is 6.85. The van der Waals surface area contributed by atoms with Gasteiger partial charge in [0.1, 0.15) is 11.8 Å². The highest BCUT2D eigenvalue weighted by Crippen LogP contribution is 2.32. The Labute approximate surface area is 170 Å². The number of carbonyl (C=O) groups excluding carboxylic acids is 2.